The van der Waals surface area contributed by atoms with Gasteiger partial charge in [-0.3, -0.25) is 10.2 Å². The lowest BCUT2D eigenvalue weighted by Gasteiger charge is -2.21. The second kappa shape index (κ2) is 12.9. The van der Waals surface area contributed by atoms with Crippen LogP contribution in [0.4, 0.5) is 16.0 Å². The smallest absolute Gasteiger partial charge is 0.189 e. The number of H-pyrrole nitrogens is 2. The van der Waals surface area contributed by atoms with Crippen molar-refractivity contribution < 1.29 is 23.3 Å². The van der Waals surface area contributed by atoms with Crippen LogP contribution in [0, 0.1) is 5.82 Å². The predicted octanol–water partition coefficient (Wildman–Crippen LogP) is 7.91. The minimum atomic E-state index is -0.324. The normalized spacial score (nSPS) is 12.1. The Balaban J connectivity index is 0.000000169. The quantitative estimate of drug-likeness (QED) is 0.142. The standard InChI is InChI=1S/C22H18FN3O3.C13H11N3O/c23-16-9-14(21-15(10-16)12-27-13-28-21)11-24-22-20-18(25-26-22)7-4-8-19(20)29-17-5-2-1-3-6-17;14-13-12-10(15-16-13)7-4-8-11(12)17-9-5-2-1-3-6-9/h1-10H,11-13H2,(H2,24,25,26);1-8H,(H3,14,15,16). The van der Waals surface area contributed by atoms with E-state index in [1.165, 1.54) is 12.1 Å². The number of halogens is 1. The molecule has 7 aromatic rings. The molecule has 8 rings (SSSR count). The first-order chi connectivity index (χ1) is 22.6. The summed E-state index contributed by atoms with van der Waals surface area (Å²) in [6, 6.07) is 33.5. The summed E-state index contributed by atoms with van der Waals surface area (Å²) in [7, 11) is 0. The molecule has 0 atom stereocenters. The van der Waals surface area contributed by atoms with E-state index >= 15 is 0 Å². The van der Waals surface area contributed by atoms with Crippen molar-refractivity contribution in [3.05, 3.63) is 126 Å². The zero-order valence-corrected chi connectivity index (χ0v) is 24.5. The molecule has 1 aliphatic rings. The number of nitrogens with two attached hydrogens (primary N) is 1. The molecule has 11 heteroatoms. The molecule has 1 aliphatic heterocycles. The van der Waals surface area contributed by atoms with Crippen molar-refractivity contribution in [1.29, 1.82) is 0 Å². The van der Waals surface area contributed by atoms with Crippen LogP contribution in [0.25, 0.3) is 21.8 Å². The number of hydrogen-bond donors (Lipinski definition) is 4. The van der Waals surface area contributed by atoms with Gasteiger partial charge >= 0.3 is 0 Å². The minimum Gasteiger partial charge on any atom is -0.467 e. The monoisotopic (exact) mass is 616 g/mol. The fraction of sp³-hybridized carbons (Fsp3) is 0.0857. The van der Waals surface area contributed by atoms with E-state index < -0.39 is 0 Å². The molecule has 0 amide bonds. The molecule has 0 bridgehead atoms. The fourth-order valence-electron chi connectivity index (χ4n) is 5.20. The first kappa shape index (κ1) is 28.7. The van der Waals surface area contributed by atoms with Crippen LogP contribution in [0.3, 0.4) is 0 Å². The maximum atomic E-state index is 14.0. The molecular weight excluding hydrogens is 587 g/mol. The van der Waals surface area contributed by atoms with Gasteiger partial charge in [-0.05, 0) is 60.7 Å². The summed E-state index contributed by atoms with van der Waals surface area (Å²) in [5.41, 5.74) is 8.93. The van der Waals surface area contributed by atoms with E-state index in [4.69, 9.17) is 24.7 Å². The number of fused-ring (bicyclic) bond motifs is 3. The molecule has 2 aromatic heterocycles. The van der Waals surface area contributed by atoms with E-state index in [-0.39, 0.29) is 12.6 Å². The van der Waals surface area contributed by atoms with Gasteiger partial charge < -0.3 is 30.0 Å². The van der Waals surface area contributed by atoms with E-state index in [1.807, 2.05) is 97.1 Å². The Bertz CT molecular complexity index is 2100. The van der Waals surface area contributed by atoms with Crippen molar-refractivity contribution in [3.8, 4) is 28.7 Å². The highest BCUT2D eigenvalue weighted by Gasteiger charge is 2.18. The first-order valence-electron chi connectivity index (χ1n) is 14.5. The lowest BCUT2D eigenvalue weighted by Crippen LogP contribution is -2.15. The molecule has 5 aromatic carbocycles. The topological polar surface area (TPSA) is 132 Å². The third kappa shape index (κ3) is 6.12. The molecule has 10 nitrogen and oxygen atoms in total. The number of aromatic nitrogens is 4. The maximum absolute atomic E-state index is 14.0. The summed E-state index contributed by atoms with van der Waals surface area (Å²) in [6.45, 7) is 0.840. The Morgan fingerprint density at radius 3 is 2.09 bits per heavy atom. The Labute approximate surface area is 262 Å². The van der Waals surface area contributed by atoms with Gasteiger partial charge in [0.05, 0.1) is 28.4 Å². The van der Waals surface area contributed by atoms with Crippen LogP contribution in [0.1, 0.15) is 11.1 Å². The third-order valence-corrected chi connectivity index (χ3v) is 7.27. The minimum absolute atomic E-state index is 0.159. The number of nitrogens with zero attached hydrogens (tertiary/aromatic N) is 2. The van der Waals surface area contributed by atoms with Gasteiger partial charge in [0.2, 0.25) is 0 Å². The van der Waals surface area contributed by atoms with E-state index in [2.05, 4.69) is 25.7 Å². The number of aromatic amines is 2. The Kier molecular flexibility index (Phi) is 8.04. The number of rotatable bonds is 7. The first-order valence-corrected chi connectivity index (χ1v) is 14.5. The SMILES string of the molecule is Fc1cc(CNc2n[nH]c3cccc(Oc4ccccc4)c23)c2c(c1)COCO2.Nc1n[nH]c2cccc(Oc3ccccc3)c12. The summed E-state index contributed by atoms with van der Waals surface area (Å²) in [5, 5.41) is 19.1. The molecule has 0 spiro atoms. The average Bonchev–Trinajstić information content (AvgIpc) is 3.69. The largest absolute Gasteiger partial charge is 0.467 e. The number of nitrogens with one attached hydrogen (secondary N) is 3. The number of ether oxygens (including phenoxy) is 4. The fourth-order valence-corrected chi connectivity index (χ4v) is 5.20. The summed E-state index contributed by atoms with van der Waals surface area (Å²) < 4.78 is 36.7. The molecule has 5 N–H and O–H groups in total. The van der Waals surface area contributed by atoms with Gasteiger partial charge in [0.1, 0.15) is 34.6 Å². The van der Waals surface area contributed by atoms with Crippen LogP contribution in [0.15, 0.2) is 109 Å². The van der Waals surface area contributed by atoms with Crippen LogP contribution >= 0.6 is 0 Å². The van der Waals surface area contributed by atoms with Gasteiger partial charge in [-0.2, -0.15) is 10.2 Å². The Morgan fingerprint density at radius 1 is 0.761 bits per heavy atom. The molecule has 0 unspecified atom stereocenters. The highest BCUT2D eigenvalue weighted by atomic mass is 19.1. The van der Waals surface area contributed by atoms with Crippen LogP contribution < -0.4 is 25.3 Å². The second-order valence-electron chi connectivity index (χ2n) is 10.4. The molecule has 0 saturated carbocycles. The molecule has 0 radical (unpaired) electrons. The van der Waals surface area contributed by atoms with Gasteiger partial charge in [0.25, 0.3) is 0 Å². The highest BCUT2D eigenvalue weighted by molar-refractivity contribution is 5.95. The maximum Gasteiger partial charge on any atom is 0.189 e. The molecule has 46 heavy (non-hydrogen) atoms. The predicted molar refractivity (Wildman–Crippen MR) is 174 cm³/mol. The van der Waals surface area contributed by atoms with Gasteiger partial charge in [0.15, 0.2) is 18.4 Å². The number of nitrogen functional groups attached to an aromatic ring is 1. The van der Waals surface area contributed by atoms with Gasteiger partial charge in [-0.25, -0.2) is 4.39 Å². The van der Waals surface area contributed by atoms with Gasteiger partial charge in [0, 0.05) is 17.7 Å². The zero-order valence-electron chi connectivity index (χ0n) is 24.5. The molecule has 230 valence electrons. The van der Waals surface area contributed by atoms with Crippen LogP contribution in [0.2, 0.25) is 0 Å². The van der Waals surface area contributed by atoms with Gasteiger partial charge in [-0.1, -0.05) is 48.5 Å². The molecule has 0 saturated heterocycles. The molecule has 3 heterocycles. The number of para-hydroxylation sites is 2. The highest BCUT2D eigenvalue weighted by Crippen LogP contribution is 2.36. The van der Waals surface area contributed by atoms with Crippen molar-refractivity contribution >= 4 is 33.4 Å². The van der Waals surface area contributed by atoms with Crippen LogP contribution in [-0.4, -0.2) is 27.2 Å². The van der Waals surface area contributed by atoms with E-state index in [0.717, 1.165) is 33.3 Å². The van der Waals surface area contributed by atoms with Crippen molar-refractivity contribution in [2.45, 2.75) is 13.2 Å². The van der Waals surface area contributed by atoms with Gasteiger partial charge in [-0.15, -0.1) is 0 Å². The molecule has 0 aliphatic carbocycles. The third-order valence-electron chi connectivity index (χ3n) is 7.27. The average molecular weight is 617 g/mol. The van der Waals surface area contributed by atoms with Crippen LogP contribution in [0.5, 0.6) is 28.7 Å². The lowest BCUT2D eigenvalue weighted by atomic mass is 10.1. The number of anilines is 2. The van der Waals surface area contributed by atoms with Crippen molar-refractivity contribution in [2.24, 2.45) is 0 Å². The summed E-state index contributed by atoms with van der Waals surface area (Å²) >= 11 is 0. The molecule has 0 fully saturated rings. The van der Waals surface area contributed by atoms with Crippen molar-refractivity contribution in [3.63, 3.8) is 0 Å². The van der Waals surface area contributed by atoms with Crippen LogP contribution in [-0.2, 0) is 17.9 Å². The summed E-state index contributed by atoms with van der Waals surface area (Å²) in [5.74, 6) is 4.31. The molecular formula is C35H29FN6O4. The van der Waals surface area contributed by atoms with Crippen molar-refractivity contribution in [1.82, 2.24) is 20.4 Å². The number of hydrogen-bond acceptors (Lipinski definition) is 8. The Hall–Kier alpha value is -6.07. The second-order valence-corrected chi connectivity index (χ2v) is 10.4. The van der Waals surface area contributed by atoms with E-state index in [9.17, 15) is 4.39 Å². The summed E-state index contributed by atoms with van der Waals surface area (Å²) in [6.07, 6.45) is 0. The van der Waals surface area contributed by atoms with E-state index in [0.29, 0.717) is 53.2 Å². The van der Waals surface area contributed by atoms with Crippen molar-refractivity contribution in [2.75, 3.05) is 17.8 Å². The lowest BCUT2D eigenvalue weighted by molar-refractivity contribution is -0.0172. The number of benzene rings is 5. The zero-order chi connectivity index (χ0) is 31.3. The Morgan fingerprint density at radius 2 is 1.39 bits per heavy atom. The summed E-state index contributed by atoms with van der Waals surface area (Å²) in [4.78, 5) is 0. The van der Waals surface area contributed by atoms with E-state index in [1.54, 1.807) is 0 Å².